The van der Waals surface area contributed by atoms with E-state index in [1.807, 2.05) is 0 Å². The zero-order chi connectivity index (χ0) is 29.8. The third-order valence-electron chi connectivity index (χ3n) is 6.98. The van der Waals surface area contributed by atoms with E-state index in [4.69, 9.17) is 16.3 Å². The molecule has 1 N–H and O–H groups in total. The minimum absolute atomic E-state index is 0.0616. The molecule has 3 aromatic carbocycles. The molecule has 1 aliphatic rings. The number of carbonyl (C=O) groups is 1. The number of sulfonamides is 2. The summed E-state index contributed by atoms with van der Waals surface area (Å²) in [4.78, 5) is 13.2. The molecule has 1 amide bonds. The highest BCUT2D eigenvalue weighted by Crippen LogP contribution is 2.32. The van der Waals surface area contributed by atoms with Gasteiger partial charge in [-0.05, 0) is 86.2 Å². The van der Waals surface area contributed by atoms with E-state index in [1.165, 1.54) is 23.5 Å². The Balaban J connectivity index is 1.48. The number of hydrogen-bond acceptors (Lipinski definition) is 6. The van der Waals surface area contributed by atoms with Crippen LogP contribution in [0.1, 0.15) is 29.5 Å². The number of halogens is 1. The molecule has 1 fully saturated rings. The summed E-state index contributed by atoms with van der Waals surface area (Å²) in [5.74, 6) is -0.348. The quantitative estimate of drug-likeness (QED) is 0.342. The first-order chi connectivity index (χ1) is 19.4. The van der Waals surface area contributed by atoms with Crippen LogP contribution in [-0.2, 0) is 31.3 Å². The summed E-state index contributed by atoms with van der Waals surface area (Å²) < 4.78 is 61.1. The monoisotopic (exact) mass is 619 g/mol. The summed E-state index contributed by atoms with van der Waals surface area (Å²) in [7, 11) is -6.33. The molecular formula is C29H34ClN3O6S2. The second-order valence-electron chi connectivity index (χ2n) is 9.95. The standard InChI is InChI=1S/C29H34ClN3O6S2/c1-21-6-13-27(39-3)28(18-21)41(37,38)33(24-10-7-22(2)26(30)19-24)20-29(34)31-15-14-23-8-11-25(12-9-23)40(35,36)32-16-4-5-17-32/h6-13,18-19H,4-5,14-17,20H2,1-3H3,(H,31,34). The van der Waals surface area contributed by atoms with Gasteiger partial charge in [-0.25, -0.2) is 16.8 Å². The van der Waals surface area contributed by atoms with Gasteiger partial charge in [-0.15, -0.1) is 0 Å². The van der Waals surface area contributed by atoms with Crippen molar-refractivity contribution in [2.45, 2.75) is 42.9 Å². The van der Waals surface area contributed by atoms with E-state index in [2.05, 4.69) is 5.32 Å². The Morgan fingerprint density at radius 1 is 0.976 bits per heavy atom. The average Bonchev–Trinajstić information content (AvgIpc) is 3.50. The molecule has 3 aromatic rings. The molecule has 1 saturated heterocycles. The zero-order valence-electron chi connectivity index (χ0n) is 23.3. The van der Waals surface area contributed by atoms with Crippen molar-refractivity contribution in [3.63, 3.8) is 0 Å². The van der Waals surface area contributed by atoms with Crippen molar-refractivity contribution in [1.82, 2.24) is 9.62 Å². The molecule has 12 heteroatoms. The lowest BCUT2D eigenvalue weighted by Gasteiger charge is -2.25. The number of nitrogens with zero attached hydrogens (tertiary/aromatic N) is 2. The summed E-state index contributed by atoms with van der Waals surface area (Å²) in [5.41, 5.74) is 2.57. The Labute approximate surface area is 247 Å². The van der Waals surface area contributed by atoms with Crippen molar-refractivity contribution in [2.75, 3.05) is 37.6 Å². The second-order valence-corrected chi connectivity index (χ2v) is 14.1. The summed E-state index contributed by atoms with van der Waals surface area (Å²) in [5, 5.41) is 3.14. The van der Waals surface area contributed by atoms with Crippen molar-refractivity contribution in [3.05, 3.63) is 82.4 Å². The van der Waals surface area contributed by atoms with Crippen molar-refractivity contribution >= 4 is 43.2 Å². The molecule has 0 unspecified atom stereocenters. The van der Waals surface area contributed by atoms with Crippen molar-refractivity contribution in [1.29, 1.82) is 0 Å². The van der Waals surface area contributed by atoms with Gasteiger partial charge in [0.25, 0.3) is 10.0 Å². The van der Waals surface area contributed by atoms with Crippen LogP contribution in [0.15, 0.2) is 70.5 Å². The van der Waals surface area contributed by atoms with Crippen molar-refractivity contribution in [2.24, 2.45) is 0 Å². The van der Waals surface area contributed by atoms with Crippen LogP contribution >= 0.6 is 11.6 Å². The molecule has 1 aliphatic heterocycles. The fourth-order valence-electron chi connectivity index (χ4n) is 4.59. The molecule has 4 rings (SSSR count). The number of rotatable bonds is 11. The van der Waals surface area contributed by atoms with Crippen LogP contribution in [0.25, 0.3) is 0 Å². The molecule has 1 heterocycles. The Kier molecular flexibility index (Phi) is 9.63. The van der Waals surface area contributed by atoms with E-state index in [9.17, 15) is 21.6 Å². The van der Waals surface area contributed by atoms with Gasteiger partial charge in [0.05, 0.1) is 17.7 Å². The first kappa shape index (κ1) is 30.8. The lowest BCUT2D eigenvalue weighted by atomic mass is 10.1. The smallest absolute Gasteiger partial charge is 0.268 e. The van der Waals surface area contributed by atoms with Gasteiger partial charge in [0, 0.05) is 24.7 Å². The summed E-state index contributed by atoms with van der Waals surface area (Å²) in [6.45, 7) is 4.39. The number of methoxy groups -OCH3 is 1. The molecule has 0 radical (unpaired) electrons. The van der Waals surface area contributed by atoms with Crippen LogP contribution in [0.3, 0.4) is 0 Å². The van der Waals surface area contributed by atoms with E-state index >= 15 is 0 Å². The van der Waals surface area contributed by atoms with Gasteiger partial charge in [-0.1, -0.05) is 35.9 Å². The molecular weight excluding hydrogens is 586 g/mol. The summed E-state index contributed by atoms with van der Waals surface area (Å²) in [6.07, 6.45) is 2.17. The molecule has 0 atom stereocenters. The van der Waals surface area contributed by atoms with E-state index < -0.39 is 32.5 Å². The Morgan fingerprint density at radius 3 is 2.29 bits per heavy atom. The van der Waals surface area contributed by atoms with Gasteiger partial charge in [0.2, 0.25) is 15.9 Å². The molecule has 0 aliphatic carbocycles. The lowest BCUT2D eigenvalue weighted by Crippen LogP contribution is -2.41. The second kappa shape index (κ2) is 12.8. The van der Waals surface area contributed by atoms with Crippen LogP contribution in [0.4, 0.5) is 5.69 Å². The average molecular weight is 620 g/mol. The lowest BCUT2D eigenvalue weighted by molar-refractivity contribution is -0.119. The van der Waals surface area contributed by atoms with Gasteiger partial charge in [-0.2, -0.15) is 4.31 Å². The fraction of sp³-hybridized carbons (Fsp3) is 0.345. The number of benzene rings is 3. The Hall–Kier alpha value is -3.12. The number of ether oxygens (including phenoxy) is 1. The minimum Gasteiger partial charge on any atom is -0.495 e. The van der Waals surface area contributed by atoms with Crippen LogP contribution in [0, 0.1) is 13.8 Å². The van der Waals surface area contributed by atoms with Crippen LogP contribution in [0.5, 0.6) is 5.75 Å². The van der Waals surface area contributed by atoms with E-state index in [1.54, 1.807) is 62.4 Å². The molecule has 0 bridgehead atoms. The van der Waals surface area contributed by atoms with Crippen molar-refractivity contribution < 1.29 is 26.4 Å². The van der Waals surface area contributed by atoms with Gasteiger partial charge < -0.3 is 10.1 Å². The number of carbonyl (C=O) groups excluding carboxylic acids is 1. The number of hydrogen-bond donors (Lipinski definition) is 1. The maximum Gasteiger partial charge on any atom is 0.268 e. The molecule has 0 saturated carbocycles. The fourth-order valence-corrected chi connectivity index (χ4v) is 7.94. The molecule has 41 heavy (non-hydrogen) atoms. The predicted octanol–water partition coefficient (Wildman–Crippen LogP) is 4.30. The summed E-state index contributed by atoms with van der Waals surface area (Å²) >= 11 is 6.31. The maximum absolute atomic E-state index is 13.9. The number of nitrogens with one attached hydrogen (secondary N) is 1. The van der Waals surface area contributed by atoms with E-state index in [0.717, 1.165) is 33.8 Å². The highest BCUT2D eigenvalue weighted by molar-refractivity contribution is 7.93. The molecule has 220 valence electrons. The number of aryl methyl sites for hydroxylation is 2. The third-order valence-corrected chi connectivity index (χ3v) is 11.1. The summed E-state index contributed by atoms with van der Waals surface area (Å²) in [6, 6.07) is 16.2. The normalized spacial score (nSPS) is 14.1. The predicted molar refractivity (Wildman–Crippen MR) is 160 cm³/mol. The van der Waals surface area contributed by atoms with Gasteiger partial charge in [-0.3, -0.25) is 9.10 Å². The van der Waals surface area contributed by atoms with Crippen LogP contribution in [0.2, 0.25) is 5.02 Å². The van der Waals surface area contributed by atoms with Gasteiger partial charge in [0.15, 0.2) is 0 Å². The number of amides is 1. The van der Waals surface area contributed by atoms with Gasteiger partial charge in [0.1, 0.15) is 17.2 Å². The zero-order valence-corrected chi connectivity index (χ0v) is 25.7. The first-order valence-corrected chi connectivity index (χ1v) is 16.5. The van der Waals surface area contributed by atoms with E-state index in [0.29, 0.717) is 24.5 Å². The highest BCUT2D eigenvalue weighted by atomic mass is 35.5. The first-order valence-electron chi connectivity index (χ1n) is 13.2. The highest BCUT2D eigenvalue weighted by Gasteiger charge is 2.31. The van der Waals surface area contributed by atoms with Gasteiger partial charge >= 0.3 is 0 Å². The minimum atomic E-state index is -4.22. The maximum atomic E-state index is 13.9. The molecule has 0 spiro atoms. The topological polar surface area (TPSA) is 113 Å². The molecule has 0 aromatic heterocycles. The Bertz CT molecular complexity index is 1620. The Morgan fingerprint density at radius 2 is 1.66 bits per heavy atom. The molecule has 9 nitrogen and oxygen atoms in total. The van der Waals surface area contributed by atoms with Crippen molar-refractivity contribution in [3.8, 4) is 5.75 Å². The largest absolute Gasteiger partial charge is 0.495 e. The van der Waals surface area contributed by atoms with Crippen LogP contribution in [-0.4, -0.2) is 60.3 Å². The van der Waals surface area contributed by atoms with Crippen LogP contribution < -0.4 is 14.4 Å². The number of anilines is 1. The SMILES string of the molecule is COc1ccc(C)cc1S(=O)(=O)N(CC(=O)NCCc1ccc(S(=O)(=O)N2CCCC2)cc1)c1ccc(C)c(Cl)c1. The van der Waals surface area contributed by atoms with E-state index in [-0.39, 0.29) is 27.8 Å². The third kappa shape index (κ3) is 7.03.